The van der Waals surface area contributed by atoms with Gasteiger partial charge in [0.25, 0.3) is 0 Å². The van der Waals surface area contributed by atoms with E-state index in [1.165, 1.54) is 0 Å². The van der Waals surface area contributed by atoms with Crippen molar-refractivity contribution in [3.05, 3.63) is 34.9 Å². The van der Waals surface area contributed by atoms with Gasteiger partial charge in [-0.1, -0.05) is 29.8 Å². The van der Waals surface area contributed by atoms with Crippen LogP contribution >= 0.6 is 11.6 Å². The fourth-order valence-corrected chi connectivity index (χ4v) is 2.88. The second-order valence-electron chi connectivity index (χ2n) is 5.49. The van der Waals surface area contributed by atoms with Crippen molar-refractivity contribution >= 4 is 11.6 Å². The topological polar surface area (TPSA) is 46.9 Å². The van der Waals surface area contributed by atoms with Crippen molar-refractivity contribution in [2.45, 2.75) is 19.1 Å². The number of halogens is 1. The van der Waals surface area contributed by atoms with E-state index in [2.05, 4.69) is 9.80 Å². The highest BCUT2D eigenvalue weighted by molar-refractivity contribution is 6.31. The molecule has 0 amide bonds. The van der Waals surface area contributed by atoms with Crippen LogP contribution in [0.3, 0.4) is 0 Å². The Morgan fingerprint density at radius 3 is 2.15 bits per heavy atom. The molecule has 20 heavy (non-hydrogen) atoms. The number of rotatable bonds is 5. The monoisotopic (exact) mass is 298 g/mol. The molecule has 1 saturated heterocycles. The summed E-state index contributed by atoms with van der Waals surface area (Å²) in [5.41, 5.74) is 0.792. The van der Waals surface area contributed by atoms with Crippen LogP contribution in [0.5, 0.6) is 0 Å². The average molecular weight is 299 g/mol. The van der Waals surface area contributed by atoms with Gasteiger partial charge in [0.15, 0.2) is 0 Å². The third-order valence-electron chi connectivity index (χ3n) is 3.68. The van der Waals surface area contributed by atoms with Crippen molar-refractivity contribution in [2.75, 3.05) is 39.3 Å². The van der Waals surface area contributed by atoms with Gasteiger partial charge in [-0.15, -0.1) is 0 Å². The van der Waals surface area contributed by atoms with Crippen LogP contribution in [0.4, 0.5) is 0 Å². The second kappa shape index (κ2) is 7.38. The lowest BCUT2D eigenvalue weighted by molar-refractivity contribution is 0.0527. The normalized spacial score (nSPS) is 20.8. The molecular weight excluding hydrogens is 276 g/mol. The van der Waals surface area contributed by atoms with Crippen LogP contribution in [-0.2, 0) is 0 Å². The van der Waals surface area contributed by atoms with Crippen LogP contribution in [0, 0.1) is 0 Å². The third-order valence-corrected chi connectivity index (χ3v) is 4.03. The zero-order valence-electron chi connectivity index (χ0n) is 11.9. The molecule has 112 valence electrons. The van der Waals surface area contributed by atoms with Gasteiger partial charge in [-0.2, -0.15) is 0 Å². The van der Waals surface area contributed by atoms with Crippen molar-refractivity contribution in [1.82, 2.24) is 9.80 Å². The van der Waals surface area contributed by atoms with Gasteiger partial charge in [0.1, 0.15) is 0 Å². The van der Waals surface area contributed by atoms with Crippen molar-refractivity contribution in [2.24, 2.45) is 0 Å². The first kappa shape index (κ1) is 15.7. The number of hydrogen-bond acceptors (Lipinski definition) is 4. The average Bonchev–Trinajstić information content (AvgIpc) is 2.41. The van der Waals surface area contributed by atoms with Gasteiger partial charge in [-0.25, -0.2) is 0 Å². The molecule has 0 unspecified atom stereocenters. The lowest BCUT2D eigenvalue weighted by Gasteiger charge is -2.36. The van der Waals surface area contributed by atoms with Crippen molar-refractivity contribution in [3.8, 4) is 0 Å². The summed E-state index contributed by atoms with van der Waals surface area (Å²) >= 11 is 6.10. The number of aliphatic hydroxyl groups excluding tert-OH is 2. The Morgan fingerprint density at radius 1 is 1.05 bits per heavy atom. The van der Waals surface area contributed by atoms with E-state index < -0.39 is 6.10 Å². The Kier molecular flexibility index (Phi) is 5.81. The Labute approximate surface area is 125 Å². The number of β-amino-alcohol motifs (C(OH)–C–C–N with tert-alkyl or cyclic N) is 2. The quantitative estimate of drug-likeness (QED) is 0.862. The van der Waals surface area contributed by atoms with E-state index >= 15 is 0 Å². The van der Waals surface area contributed by atoms with Gasteiger partial charge in [-0.05, 0) is 13.0 Å². The highest BCUT2D eigenvalue weighted by atomic mass is 35.5. The van der Waals surface area contributed by atoms with E-state index in [0.29, 0.717) is 11.6 Å². The molecule has 2 N–H and O–H groups in total. The molecule has 0 saturated carbocycles. The Balaban J connectivity index is 1.82. The van der Waals surface area contributed by atoms with Crippen LogP contribution in [0.1, 0.15) is 18.6 Å². The molecule has 5 heteroatoms. The summed E-state index contributed by atoms with van der Waals surface area (Å²) in [6.45, 7) is 6.82. The number of aliphatic hydroxyl groups is 2. The largest absolute Gasteiger partial charge is 0.392 e. The van der Waals surface area contributed by atoms with E-state index in [1.54, 1.807) is 6.07 Å². The molecule has 1 aromatic carbocycles. The van der Waals surface area contributed by atoms with Crippen molar-refractivity contribution < 1.29 is 10.2 Å². The number of nitrogens with zero attached hydrogens (tertiary/aromatic N) is 2. The molecule has 0 bridgehead atoms. The molecule has 0 aromatic heterocycles. The minimum Gasteiger partial charge on any atom is -0.392 e. The van der Waals surface area contributed by atoms with Crippen LogP contribution < -0.4 is 0 Å². The van der Waals surface area contributed by atoms with Gasteiger partial charge in [0.2, 0.25) is 0 Å². The fraction of sp³-hybridized carbons (Fsp3) is 0.600. The Hall–Kier alpha value is -0.650. The fourth-order valence-electron chi connectivity index (χ4n) is 2.62. The molecule has 1 aliphatic rings. The van der Waals surface area contributed by atoms with Gasteiger partial charge < -0.3 is 10.2 Å². The zero-order chi connectivity index (χ0) is 14.5. The predicted molar refractivity (Wildman–Crippen MR) is 81.0 cm³/mol. The highest BCUT2D eigenvalue weighted by Gasteiger charge is 2.21. The zero-order valence-corrected chi connectivity index (χ0v) is 12.6. The smallest absolute Gasteiger partial charge is 0.0931 e. The maximum absolute atomic E-state index is 10.3. The van der Waals surface area contributed by atoms with Gasteiger partial charge in [0, 0.05) is 49.9 Å². The third kappa shape index (κ3) is 4.43. The van der Waals surface area contributed by atoms with E-state index in [-0.39, 0.29) is 6.10 Å². The van der Waals surface area contributed by atoms with Crippen LogP contribution in [0.25, 0.3) is 0 Å². The molecule has 1 aliphatic heterocycles. The molecule has 0 radical (unpaired) electrons. The summed E-state index contributed by atoms with van der Waals surface area (Å²) in [7, 11) is 0. The minimum absolute atomic E-state index is 0.282. The van der Waals surface area contributed by atoms with Crippen molar-refractivity contribution in [1.29, 1.82) is 0 Å². The maximum atomic E-state index is 10.3. The lowest BCUT2D eigenvalue weighted by atomic mass is 10.1. The predicted octanol–water partition coefficient (Wildman–Crippen LogP) is 1.37. The first-order valence-corrected chi connectivity index (χ1v) is 7.49. The van der Waals surface area contributed by atoms with Gasteiger partial charge >= 0.3 is 0 Å². The van der Waals surface area contributed by atoms with Crippen LogP contribution in [-0.4, -0.2) is 65.4 Å². The molecule has 1 heterocycles. The minimum atomic E-state index is -0.549. The van der Waals surface area contributed by atoms with Gasteiger partial charge in [0.05, 0.1) is 12.2 Å². The first-order chi connectivity index (χ1) is 9.56. The Bertz CT molecular complexity index is 420. The molecule has 1 aromatic rings. The van der Waals surface area contributed by atoms with E-state index in [4.69, 9.17) is 11.6 Å². The van der Waals surface area contributed by atoms with Gasteiger partial charge in [-0.3, -0.25) is 9.80 Å². The molecule has 4 nitrogen and oxygen atoms in total. The molecule has 2 rings (SSSR count). The summed E-state index contributed by atoms with van der Waals surface area (Å²) in [4.78, 5) is 4.50. The first-order valence-electron chi connectivity index (χ1n) is 7.11. The summed E-state index contributed by atoms with van der Waals surface area (Å²) in [6.07, 6.45) is -0.831. The van der Waals surface area contributed by atoms with Crippen molar-refractivity contribution in [3.63, 3.8) is 0 Å². The van der Waals surface area contributed by atoms with E-state index in [0.717, 1.165) is 38.3 Å². The molecule has 0 spiro atoms. The molecular formula is C15H23ClN2O2. The number of hydrogen-bond donors (Lipinski definition) is 2. The highest BCUT2D eigenvalue weighted by Crippen LogP contribution is 2.23. The summed E-state index contributed by atoms with van der Waals surface area (Å²) < 4.78 is 0. The van der Waals surface area contributed by atoms with Crippen LogP contribution in [0.15, 0.2) is 24.3 Å². The standard InChI is InChI=1S/C15H23ClN2O2/c1-12(19)10-17-6-8-18(9-7-17)11-15(20)13-4-2-3-5-14(13)16/h2-5,12,15,19-20H,6-11H2,1H3/t12-,15-/m1/s1. The SMILES string of the molecule is C[C@@H](O)CN1CCN(C[C@@H](O)c2ccccc2Cl)CC1. The van der Waals surface area contributed by atoms with E-state index in [9.17, 15) is 10.2 Å². The van der Waals surface area contributed by atoms with E-state index in [1.807, 2.05) is 25.1 Å². The molecule has 0 aliphatic carbocycles. The second-order valence-corrected chi connectivity index (χ2v) is 5.89. The summed E-state index contributed by atoms with van der Waals surface area (Å²) in [5, 5.41) is 20.3. The van der Waals surface area contributed by atoms with Crippen LogP contribution in [0.2, 0.25) is 5.02 Å². The molecule has 1 fully saturated rings. The Morgan fingerprint density at radius 2 is 1.60 bits per heavy atom. The lowest BCUT2D eigenvalue weighted by Crippen LogP contribution is -2.49. The number of benzene rings is 1. The summed E-state index contributed by atoms with van der Waals surface area (Å²) in [6, 6.07) is 7.44. The number of piperazine rings is 1. The summed E-state index contributed by atoms with van der Waals surface area (Å²) in [5.74, 6) is 0. The molecule has 2 atom stereocenters. The maximum Gasteiger partial charge on any atom is 0.0931 e.